The molecule has 1 unspecified atom stereocenters. The van der Waals surface area contributed by atoms with Crippen molar-refractivity contribution in [3.05, 3.63) is 65.2 Å². The van der Waals surface area contributed by atoms with Gasteiger partial charge in [-0.3, -0.25) is 4.79 Å². The molecule has 1 aliphatic rings. The van der Waals surface area contributed by atoms with Gasteiger partial charge in [-0.1, -0.05) is 42.8 Å². The molecule has 0 aliphatic carbocycles. The summed E-state index contributed by atoms with van der Waals surface area (Å²) < 4.78 is 33.4. The number of nitrogens with zero attached hydrogens (tertiary/aromatic N) is 2. The minimum absolute atomic E-state index is 0.0320. The van der Waals surface area contributed by atoms with E-state index in [-0.39, 0.29) is 16.8 Å². The summed E-state index contributed by atoms with van der Waals surface area (Å²) in [4.78, 5) is 15.3. The van der Waals surface area contributed by atoms with Crippen LogP contribution < -0.4 is 0 Å². The largest absolute Gasteiger partial charge is 0.383 e. The first-order chi connectivity index (χ1) is 14.8. The van der Waals surface area contributed by atoms with Crippen molar-refractivity contribution in [2.75, 3.05) is 26.8 Å². The van der Waals surface area contributed by atoms with Crippen molar-refractivity contribution in [1.29, 1.82) is 0 Å². The highest BCUT2D eigenvalue weighted by Gasteiger charge is 2.32. The van der Waals surface area contributed by atoms with Gasteiger partial charge in [0.1, 0.15) is 0 Å². The maximum atomic E-state index is 13.5. The second-order valence-corrected chi connectivity index (χ2v) is 10.0. The first kappa shape index (κ1) is 23.4. The molecule has 1 saturated heterocycles. The second kappa shape index (κ2) is 10.4. The van der Waals surface area contributed by atoms with Gasteiger partial charge in [-0.05, 0) is 49.9 Å². The van der Waals surface area contributed by atoms with Crippen LogP contribution in [0.1, 0.15) is 47.7 Å². The molecule has 6 nitrogen and oxygen atoms in total. The standard InChI is InChI=1S/C24H32N2O4S/c1-19-12-13-22(31(28,29)26-14-8-7-9-20(26)2)17-23(19)24(27)25(15-16-30-3)18-21-10-5-4-6-11-21/h4-6,10-13,17,20H,7-9,14-16,18H2,1-3H3. The van der Waals surface area contributed by atoms with E-state index in [0.717, 1.165) is 30.4 Å². The van der Waals surface area contributed by atoms with Crippen molar-refractivity contribution in [3.63, 3.8) is 0 Å². The lowest BCUT2D eigenvalue weighted by Gasteiger charge is -2.32. The number of rotatable bonds is 8. The third-order valence-corrected chi connectivity index (χ3v) is 7.87. The molecule has 168 valence electrons. The summed E-state index contributed by atoms with van der Waals surface area (Å²) >= 11 is 0. The molecule has 31 heavy (non-hydrogen) atoms. The zero-order chi connectivity index (χ0) is 22.4. The first-order valence-corrected chi connectivity index (χ1v) is 12.2. The highest BCUT2D eigenvalue weighted by atomic mass is 32.2. The summed E-state index contributed by atoms with van der Waals surface area (Å²) in [6, 6.07) is 14.6. The van der Waals surface area contributed by atoms with Crippen LogP contribution in [-0.4, -0.2) is 56.4 Å². The Hall–Kier alpha value is -2.22. The van der Waals surface area contributed by atoms with Crippen LogP contribution in [0.5, 0.6) is 0 Å². The van der Waals surface area contributed by atoms with Crippen molar-refractivity contribution < 1.29 is 17.9 Å². The summed E-state index contributed by atoms with van der Waals surface area (Å²) in [7, 11) is -2.05. The van der Waals surface area contributed by atoms with Crippen LogP contribution in [0.3, 0.4) is 0 Å². The van der Waals surface area contributed by atoms with E-state index in [4.69, 9.17) is 4.74 Å². The van der Waals surface area contributed by atoms with Crippen molar-refractivity contribution in [3.8, 4) is 0 Å². The van der Waals surface area contributed by atoms with E-state index in [1.165, 1.54) is 0 Å². The molecule has 1 fully saturated rings. The third-order valence-electron chi connectivity index (χ3n) is 5.86. The summed E-state index contributed by atoms with van der Waals surface area (Å²) in [6.07, 6.45) is 2.76. The summed E-state index contributed by atoms with van der Waals surface area (Å²) in [5.41, 5.74) is 2.18. The monoisotopic (exact) mass is 444 g/mol. The molecule has 1 atom stereocenters. The Morgan fingerprint density at radius 1 is 1.16 bits per heavy atom. The maximum absolute atomic E-state index is 13.5. The average molecular weight is 445 g/mol. The van der Waals surface area contributed by atoms with Crippen molar-refractivity contribution in [2.45, 2.75) is 50.6 Å². The highest BCUT2D eigenvalue weighted by molar-refractivity contribution is 7.89. The van der Waals surface area contributed by atoms with Crippen LogP contribution in [0.15, 0.2) is 53.4 Å². The van der Waals surface area contributed by atoms with E-state index in [2.05, 4.69) is 0 Å². The summed E-state index contributed by atoms with van der Waals surface area (Å²) in [6.45, 7) is 5.56. The molecule has 0 aromatic heterocycles. The Morgan fingerprint density at radius 3 is 2.58 bits per heavy atom. The van der Waals surface area contributed by atoms with Crippen molar-refractivity contribution in [2.24, 2.45) is 0 Å². The molecule has 7 heteroatoms. The van der Waals surface area contributed by atoms with E-state index in [1.54, 1.807) is 34.5 Å². The fourth-order valence-corrected chi connectivity index (χ4v) is 5.71. The fraction of sp³-hybridized carbons (Fsp3) is 0.458. The Labute approximate surface area is 185 Å². The molecule has 0 N–H and O–H groups in total. The Bertz CT molecular complexity index is 992. The Balaban J connectivity index is 1.92. The van der Waals surface area contributed by atoms with Gasteiger partial charge in [0.25, 0.3) is 5.91 Å². The van der Waals surface area contributed by atoms with Crippen LogP contribution in [0.2, 0.25) is 0 Å². The van der Waals surface area contributed by atoms with Crippen LogP contribution in [-0.2, 0) is 21.3 Å². The average Bonchev–Trinajstić information content (AvgIpc) is 2.77. The number of hydrogen-bond acceptors (Lipinski definition) is 4. The van der Waals surface area contributed by atoms with Gasteiger partial charge in [-0.25, -0.2) is 8.42 Å². The predicted molar refractivity (Wildman–Crippen MR) is 121 cm³/mol. The number of amides is 1. The normalized spacial score (nSPS) is 17.5. The Kier molecular flexibility index (Phi) is 7.86. The number of piperidine rings is 1. The number of benzene rings is 2. The van der Waals surface area contributed by atoms with E-state index in [0.29, 0.717) is 31.8 Å². The number of carbonyl (C=O) groups is 1. The molecule has 2 aromatic rings. The minimum Gasteiger partial charge on any atom is -0.383 e. The zero-order valence-corrected chi connectivity index (χ0v) is 19.4. The van der Waals surface area contributed by atoms with E-state index >= 15 is 0 Å². The lowest BCUT2D eigenvalue weighted by atomic mass is 10.1. The molecule has 0 bridgehead atoms. The summed E-state index contributed by atoms with van der Waals surface area (Å²) in [5, 5.41) is 0. The van der Waals surface area contributed by atoms with E-state index in [9.17, 15) is 13.2 Å². The van der Waals surface area contributed by atoms with Gasteiger partial charge in [-0.15, -0.1) is 0 Å². The van der Waals surface area contributed by atoms with Crippen molar-refractivity contribution >= 4 is 15.9 Å². The molecule has 1 amide bonds. The number of methoxy groups -OCH3 is 1. The molecular weight excluding hydrogens is 412 g/mol. The van der Waals surface area contributed by atoms with Gasteiger partial charge >= 0.3 is 0 Å². The number of aryl methyl sites for hydroxylation is 1. The smallest absolute Gasteiger partial charge is 0.254 e. The minimum atomic E-state index is -3.65. The second-order valence-electron chi connectivity index (χ2n) is 8.14. The number of sulfonamides is 1. The quantitative estimate of drug-likeness (QED) is 0.620. The fourth-order valence-electron chi connectivity index (χ4n) is 3.98. The first-order valence-electron chi connectivity index (χ1n) is 10.8. The van der Waals surface area contributed by atoms with Crippen LogP contribution >= 0.6 is 0 Å². The van der Waals surface area contributed by atoms with Crippen molar-refractivity contribution in [1.82, 2.24) is 9.21 Å². The van der Waals surface area contributed by atoms with Gasteiger partial charge in [0.05, 0.1) is 11.5 Å². The van der Waals surface area contributed by atoms with Gasteiger partial charge in [0, 0.05) is 38.3 Å². The number of ether oxygens (including phenoxy) is 1. The summed E-state index contributed by atoms with van der Waals surface area (Å²) in [5.74, 6) is -0.192. The number of hydrogen-bond donors (Lipinski definition) is 0. The van der Waals surface area contributed by atoms with Crippen LogP contribution in [0.4, 0.5) is 0 Å². The van der Waals surface area contributed by atoms with Gasteiger partial charge in [0.15, 0.2) is 0 Å². The van der Waals surface area contributed by atoms with Crippen LogP contribution in [0, 0.1) is 6.92 Å². The maximum Gasteiger partial charge on any atom is 0.254 e. The lowest BCUT2D eigenvalue weighted by Crippen LogP contribution is -2.42. The molecule has 1 aliphatic heterocycles. The van der Waals surface area contributed by atoms with E-state index < -0.39 is 10.0 Å². The lowest BCUT2D eigenvalue weighted by molar-refractivity contribution is 0.0679. The predicted octanol–water partition coefficient (Wildman–Crippen LogP) is 3.85. The molecule has 2 aromatic carbocycles. The molecule has 0 saturated carbocycles. The topological polar surface area (TPSA) is 66.9 Å². The Morgan fingerprint density at radius 2 is 1.90 bits per heavy atom. The molecule has 0 spiro atoms. The van der Waals surface area contributed by atoms with Gasteiger partial charge in [0.2, 0.25) is 10.0 Å². The number of carbonyl (C=O) groups excluding carboxylic acids is 1. The molecule has 1 heterocycles. The zero-order valence-electron chi connectivity index (χ0n) is 18.6. The highest BCUT2D eigenvalue weighted by Crippen LogP contribution is 2.27. The molecule has 0 radical (unpaired) electrons. The third kappa shape index (κ3) is 5.53. The van der Waals surface area contributed by atoms with Gasteiger partial charge in [-0.2, -0.15) is 4.31 Å². The van der Waals surface area contributed by atoms with E-state index in [1.807, 2.05) is 44.2 Å². The van der Waals surface area contributed by atoms with Gasteiger partial charge < -0.3 is 9.64 Å². The molecule has 3 rings (SSSR count). The SMILES string of the molecule is COCCN(Cc1ccccc1)C(=O)c1cc(S(=O)(=O)N2CCCCC2C)ccc1C. The van der Waals surface area contributed by atoms with Crippen LogP contribution in [0.25, 0.3) is 0 Å². The molecular formula is C24H32N2O4S.